The lowest BCUT2D eigenvalue weighted by atomic mass is 10.1. The first-order valence-corrected chi connectivity index (χ1v) is 11.3. The number of sulfonamides is 1. The van der Waals surface area contributed by atoms with Gasteiger partial charge in [0, 0.05) is 32.7 Å². The van der Waals surface area contributed by atoms with E-state index in [1.54, 1.807) is 13.0 Å². The van der Waals surface area contributed by atoms with E-state index in [0.717, 1.165) is 42.9 Å². The van der Waals surface area contributed by atoms with Gasteiger partial charge in [0.2, 0.25) is 10.0 Å². The summed E-state index contributed by atoms with van der Waals surface area (Å²) in [6, 6.07) is 11.0. The number of nitrogens with zero attached hydrogens (tertiary/aromatic N) is 2. The van der Waals surface area contributed by atoms with Gasteiger partial charge in [-0.1, -0.05) is 12.1 Å². The summed E-state index contributed by atoms with van der Waals surface area (Å²) in [5, 5.41) is 2.99. The van der Waals surface area contributed by atoms with Crippen molar-refractivity contribution in [3.63, 3.8) is 0 Å². The van der Waals surface area contributed by atoms with Crippen LogP contribution in [0.4, 0.5) is 11.4 Å². The SMILES string of the molecule is Cc1cc(C(=O)Nc2ccccc2N2CCCCC2)cc(S(=O)(=O)N(C)C)c1C. The minimum absolute atomic E-state index is 0.164. The Bertz CT molecular complexity index is 1010. The maximum Gasteiger partial charge on any atom is 0.255 e. The fraction of sp³-hybridized carbons (Fsp3) is 0.409. The number of hydrogen-bond acceptors (Lipinski definition) is 4. The molecule has 1 aliphatic heterocycles. The molecule has 6 nitrogen and oxygen atoms in total. The molecule has 0 aromatic heterocycles. The van der Waals surface area contributed by atoms with E-state index in [1.165, 1.54) is 30.9 Å². The second kappa shape index (κ2) is 8.55. The van der Waals surface area contributed by atoms with Crippen molar-refractivity contribution in [2.75, 3.05) is 37.4 Å². The van der Waals surface area contributed by atoms with Gasteiger partial charge in [-0.15, -0.1) is 0 Å². The van der Waals surface area contributed by atoms with Gasteiger partial charge in [0.05, 0.1) is 16.3 Å². The van der Waals surface area contributed by atoms with E-state index in [4.69, 9.17) is 0 Å². The molecule has 1 aliphatic rings. The molecular weight excluding hydrogens is 386 g/mol. The summed E-state index contributed by atoms with van der Waals surface area (Å²) in [5.41, 5.74) is 3.51. The van der Waals surface area contributed by atoms with Crippen LogP contribution in [0.3, 0.4) is 0 Å². The second-order valence-electron chi connectivity index (χ2n) is 7.72. The van der Waals surface area contributed by atoms with Crippen LogP contribution in [-0.2, 0) is 10.0 Å². The van der Waals surface area contributed by atoms with E-state index in [1.807, 2.05) is 31.2 Å². The number of carbonyl (C=O) groups is 1. The predicted molar refractivity (Wildman–Crippen MR) is 117 cm³/mol. The maximum absolute atomic E-state index is 13.0. The summed E-state index contributed by atoms with van der Waals surface area (Å²) in [7, 11) is -0.656. The van der Waals surface area contributed by atoms with E-state index >= 15 is 0 Å². The van der Waals surface area contributed by atoms with Crippen LogP contribution in [0.1, 0.15) is 40.7 Å². The molecule has 0 spiro atoms. The number of benzene rings is 2. The van der Waals surface area contributed by atoms with Crippen molar-refractivity contribution in [2.45, 2.75) is 38.0 Å². The Hall–Kier alpha value is -2.38. The molecule has 29 heavy (non-hydrogen) atoms. The summed E-state index contributed by atoms with van der Waals surface area (Å²) >= 11 is 0. The lowest BCUT2D eigenvalue weighted by Gasteiger charge is -2.30. The molecule has 2 aromatic rings. The Labute approximate surface area is 173 Å². The highest BCUT2D eigenvalue weighted by Gasteiger charge is 2.23. The Morgan fingerprint density at radius 2 is 1.69 bits per heavy atom. The zero-order chi connectivity index (χ0) is 21.2. The fourth-order valence-corrected chi connectivity index (χ4v) is 4.82. The highest BCUT2D eigenvalue weighted by Crippen LogP contribution is 2.29. The van der Waals surface area contributed by atoms with E-state index in [0.29, 0.717) is 11.1 Å². The van der Waals surface area contributed by atoms with E-state index in [-0.39, 0.29) is 10.8 Å². The van der Waals surface area contributed by atoms with Gasteiger partial charge in [0.1, 0.15) is 0 Å². The summed E-state index contributed by atoms with van der Waals surface area (Å²) < 4.78 is 26.5. The van der Waals surface area contributed by atoms with Gasteiger partial charge in [0.25, 0.3) is 5.91 Å². The van der Waals surface area contributed by atoms with Crippen LogP contribution in [0.5, 0.6) is 0 Å². The summed E-state index contributed by atoms with van der Waals surface area (Å²) in [6.45, 7) is 5.53. The molecule has 156 valence electrons. The van der Waals surface area contributed by atoms with E-state index in [2.05, 4.69) is 10.2 Å². The third-order valence-corrected chi connectivity index (χ3v) is 7.43. The number of rotatable bonds is 5. The first-order valence-electron chi connectivity index (χ1n) is 9.91. The number of para-hydroxylation sites is 2. The third-order valence-electron chi connectivity index (χ3n) is 5.49. The predicted octanol–water partition coefficient (Wildman–Crippen LogP) is 3.80. The Morgan fingerprint density at radius 1 is 1.03 bits per heavy atom. The molecule has 0 atom stereocenters. The number of nitrogens with one attached hydrogen (secondary N) is 1. The molecule has 0 saturated carbocycles. The molecule has 2 aromatic carbocycles. The number of amides is 1. The summed E-state index contributed by atoms with van der Waals surface area (Å²) in [5.74, 6) is -0.312. The largest absolute Gasteiger partial charge is 0.370 e. The summed E-state index contributed by atoms with van der Waals surface area (Å²) in [6.07, 6.45) is 3.52. The van der Waals surface area contributed by atoms with E-state index in [9.17, 15) is 13.2 Å². The fourth-order valence-electron chi connectivity index (χ4n) is 3.61. The third kappa shape index (κ3) is 4.46. The van der Waals surface area contributed by atoms with Crippen molar-refractivity contribution < 1.29 is 13.2 Å². The van der Waals surface area contributed by atoms with Crippen molar-refractivity contribution in [3.05, 3.63) is 53.1 Å². The normalized spacial score (nSPS) is 14.9. The molecular formula is C22H29N3O3S. The van der Waals surface area contributed by atoms with Crippen LogP contribution < -0.4 is 10.2 Å². The van der Waals surface area contributed by atoms with Crippen LogP contribution in [-0.4, -0.2) is 45.8 Å². The van der Waals surface area contributed by atoms with Gasteiger partial charge in [-0.25, -0.2) is 12.7 Å². The van der Waals surface area contributed by atoms with Crippen LogP contribution in [0.25, 0.3) is 0 Å². The number of hydrogen-bond donors (Lipinski definition) is 1. The number of aryl methyl sites for hydroxylation is 1. The first kappa shape index (κ1) is 21.3. The topological polar surface area (TPSA) is 69.7 Å². The average molecular weight is 416 g/mol. The number of anilines is 2. The van der Waals surface area contributed by atoms with Gasteiger partial charge in [-0.3, -0.25) is 4.79 Å². The van der Waals surface area contributed by atoms with Gasteiger partial charge in [0.15, 0.2) is 0 Å². The molecule has 0 aliphatic carbocycles. The van der Waals surface area contributed by atoms with Crippen LogP contribution in [0, 0.1) is 13.8 Å². The van der Waals surface area contributed by atoms with Crippen molar-refractivity contribution in [1.82, 2.24) is 4.31 Å². The zero-order valence-electron chi connectivity index (χ0n) is 17.5. The Morgan fingerprint density at radius 3 is 2.34 bits per heavy atom. The molecule has 1 N–H and O–H groups in total. The molecule has 0 radical (unpaired) electrons. The Kier molecular flexibility index (Phi) is 6.29. The Balaban J connectivity index is 1.94. The van der Waals surface area contributed by atoms with Gasteiger partial charge in [-0.05, 0) is 68.5 Å². The maximum atomic E-state index is 13.0. The molecule has 1 fully saturated rings. The molecule has 1 heterocycles. The number of carbonyl (C=O) groups excluding carboxylic acids is 1. The average Bonchev–Trinajstić information content (AvgIpc) is 2.70. The van der Waals surface area contributed by atoms with Crippen molar-refractivity contribution >= 4 is 27.3 Å². The van der Waals surface area contributed by atoms with Crippen LogP contribution >= 0.6 is 0 Å². The minimum atomic E-state index is -3.64. The lowest BCUT2D eigenvalue weighted by Crippen LogP contribution is -2.30. The first-order chi connectivity index (χ1) is 13.7. The second-order valence-corrected chi connectivity index (χ2v) is 9.84. The highest BCUT2D eigenvalue weighted by molar-refractivity contribution is 7.89. The monoisotopic (exact) mass is 415 g/mol. The van der Waals surface area contributed by atoms with Crippen LogP contribution in [0.15, 0.2) is 41.3 Å². The molecule has 1 saturated heterocycles. The zero-order valence-corrected chi connectivity index (χ0v) is 18.3. The number of piperidine rings is 1. The molecule has 7 heteroatoms. The quantitative estimate of drug-likeness (QED) is 0.807. The van der Waals surface area contributed by atoms with Gasteiger partial charge >= 0.3 is 0 Å². The summed E-state index contributed by atoms with van der Waals surface area (Å²) in [4.78, 5) is 15.5. The minimum Gasteiger partial charge on any atom is -0.370 e. The molecule has 1 amide bonds. The molecule has 0 unspecified atom stereocenters. The van der Waals surface area contributed by atoms with Gasteiger partial charge < -0.3 is 10.2 Å². The standard InChI is InChI=1S/C22H29N3O3S/c1-16-14-18(15-21(17(16)2)29(27,28)24(3)4)22(26)23-19-10-6-7-11-20(19)25-12-8-5-9-13-25/h6-7,10-11,14-15H,5,8-9,12-13H2,1-4H3,(H,23,26). The lowest BCUT2D eigenvalue weighted by molar-refractivity contribution is 0.102. The van der Waals surface area contributed by atoms with Crippen LogP contribution in [0.2, 0.25) is 0 Å². The highest BCUT2D eigenvalue weighted by atomic mass is 32.2. The smallest absolute Gasteiger partial charge is 0.255 e. The van der Waals surface area contributed by atoms with Crippen molar-refractivity contribution in [3.8, 4) is 0 Å². The van der Waals surface area contributed by atoms with Gasteiger partial charge in [-0.2, -0.15) is 0 Å². The molecule has 3 rings (SSSR count). The van der Waals surface area contributed by atoms with Crippen molar-refractivity contribution in [2.24, 2.45) is 0 Å². The van der Waals surface area contributed by atoms with Crippen molar-refractivity contribution in [1.29, 1.82) is 0 Å². The van der Waals surface area contributed by atoms with E-state index < -0.39 is 10.0 Å². The molecule has 0 bridgehead atoms.